The maximum absolute atomic E-state index is 11.4. The van der Waals surface area contributed by atoms with Crippen molar-refractivity contribution in [1.82, 2.24) is 10.6 Å². The van der Waals surface area contributed by atoms with Crippen LogP contribution in [0.3, 0.4) is 0 Å². The summed E-state index contributed by atoms with van der Waals surface area (Å²) in [5, 5.41) is 15.7. The lowest BCUT2D eigenvalue weighted by Crippen LogP contribution is -2.55. The standard InChI is InChI=1S/C10H20N2O2/c1-7(10(2,3)14)12-8-5-4-6-11-9(8)13/h7-8,12,14H,4-6H2,1-3H3,(H,11,13). The van der Waals surface area contributed by atoms with Gasteiger partial charge in [-0.3, -0.25) is 4.79 Å². The van der Waals surface area contributed by atoms with E-state index in [1.165, 1.54) is 0 Å². The van der Waals surface area contributed by atoms with E-state index in [4.69, 9.17) is 0 Å². The Morgan fingerprint density at radius 2 is 2.29 bits per heavy atom. The highest BCUT2D eigenvalue weighted by Gasteiger charge is 2.29. The largest absolute Gasteiger partial charge is 0.389 e. The molecule has 0 radical (unpaired) electrons. The Bertz CT molecular complexity index is 211. The minimum absolute atomic E-state index is 0.0485. The monoisotopic (exact) mass is 200 g/mol. The molecule has 1 saturated heterocycles. The zero-order chi connectivity index (χ0) is 10.8. The molecule has 2 atom stereocenters. The maximum atomic E-state index is 11.4. The summed E-state index contributed by atoms with van der Waals surface area (Å²) in [5.41, 5.74) is -0.794. The Labute approximate surface area is 85.1 Å². The van der Waals surface area contributed by atoms with Crippen molar-refractivity contribution < 1.29 is 9.90 Å². The van der Waals surface area contributed by atoms with Crippen LogP contribution in [0.5, 0.6) is 0 Å². The van der Waals surface area contributed by atoms with Gasteiger partial charge in [0.15, 0.2) is 0 Å². The summed E-state index contributed by atoms with van der Waals surface area (Å²) >= 11 is 0. The molecule has 4 nitrogen and oxygen atoms in total. The van der Waals surface area contributed by atoms with Gasteiger partial charge in [-0.25, -0.2) is 0 Å². The quantitative estimate of drug-likeness (QED) is 0.601. The molecule has 0 aromatic heterocycles. The molecule has 1 heterocycles. The van der Waals surface area contributed by atoms with Crippen molar-refractivity contribution in [3.63, 3.8) is 0 Å². The highest BCUT2D eigenvalue weighted by molar-refractivity contribution is 5.82. The van der Waals surface area contributed by atoms with Crippen molar-refractivity contribution in [2.75, 3.05) is 6.54 Å². The zero-order valence-corrected chi connectivity index (χ0v) is 9.13. The molecular formula is C10H20N2O2. The van der Waals surface area contributed by atoms with Crippen LogP contribution in [-0.2, 0) is 4.79 Å². The molecule has 14 heavy (non-hydrogen) atoms. The van der Waals surface area contributed by atoms with Gasteiger partial charge < -0.3 is 15.7 Å². The third-order valence-electron chi connectivity index (χ3n) is 2.80. The molecule has 4 heteroatoms. The van der Waals surface area contributed by atoms with Gasteiger partial charge in [-0.05, 0) is 33.6 Å². The van der Waals surface area contributed by atoms with Gasteiger partial charge >= 0.3 is 0 Å². The van der Waals surface area contributed by atoms with E-state index < -0.39 is 5.60 Å². The van der Waals surface area contributed by atoms with Crippen LogP contribution in [0.25, 0.3) is 0 Å². The van der Waals surface area contributed by atoms with Crippen LogP contribution in [0, 0.1) is 0 Å². The Hall–Kier alpha value is -0.610. The van der Waals surface area contributed by atoms with Crippen LogP contribution in [0.1, 0.15) is 33.6 Å². The fourth-order valence-corrected chi connectivity index (χ4v) is 1.44. The second-order valence-electron chi connectivity index (χ2n) is 4.53. The highest BCUT2D eigenvalue weighted by atomic mass is 16.3. The third kappa shape index (κ3) is 2.96. The summed E-state index contributed by atoms with van der Waals surface area (Å²) in [6.45, 7) is 6.15. The van der Waals surface area contributed by atoms with Crippen LogP contribution in [0.4, 0.5) is 0 Å². The van der Waals surface area contributed by atoms with Crippen molar-refractivity contribution in [3.8, 4) is 0 Å². The average molecular weight is 200 g/mol. The van der Waals surface area contributed by atoms with Gasteiger partial charge in [0.25, 0.3) is 0 Å². The molecule has 0 aliphatic carbocycles. The third-order valence-corrected chi connectivity index (χ3v) is 2.80. The van der Waals surface area contributed by atoms with Gasteiger partial charge in [0.1, 0.15) is 0 Å². The molecule has 1 aliphatic rings. The van der Waals surface area contributed by atoms with Gasteiger partial charge in [0.05, 0.1) is 11.6 Å². The zero-order valence-electron chi connectivity index (χ0n) is 9.13. The summed E-state index contributed by atoms with van der Waals surface area (Å²) in [7, 11) is 0. The summed E-state index contributed by atoms with van der Waals surface area (Å²) in [5.74, 6) is 0.0485. The van der Waals surface area contributed by atoms with Gasteiger partial charge in [-0.1, -0.05) is 0 Å². The number of carbonyl (C=O) groups excluding carboxylic acids is 1. The lowest BCUT2D eigenvalue weighted by molar-refractivity contribution is -0.125. The normalized spacial score (nSPS) is 25.7. The van der Waals surface area contributed by atoms with E-state index in [1.54, 1.807) is 13.8 Å². The first-order valence-electron chi connectivity index (χ1n) is 5.17. The second kappa shape index (κ2) is 4.28. The number of aliphatic hydroxyl groups is 1. The number of carbonyl (C=O) groups is 1. The van der Waals surface area contributed by atoms with Crippen LogP contribution in [0.15, 0.2) is 0 Å². The molecule has 0 saturated carbocycles. The Balaban J connectivity index is 2.46. The van der Waals surface area contributed by atoms with Crippen LogP contribution in [-0.4, -0.2) is 35.2 Å². The first-order valence-corrected chi connectivity index (χ1v) is 5.17. The summed E-state index contributed by atoms with van der Waals surface area (Å²) in [6.07, 6.45) is 1.86. The number of amides is 1. The maximum Gasteiger partial charge on any atom is 0.237 e. The van der Waals surface area contributed by atoms with Gasteiger partial charge in [0, 0.05) is 12.6 Å². The molecule has 0 spiro atoms. The van der Waals surface area contributed by atoms with Gasteiger partial charge in [-0.2, -0.15) is 0 Å². The number of hydrogen-bond donors (Lipinski definition) is 3. The summed E-state index contributed by atoms with van der Waals surface area (Å²) < 4.78 is 0. The van der Waals surface area contributed by atoms with Crippen molar-refractivity contribution in [3.05, 3.63) is 0 Å². The van der Waals surface area contributed by atoms with Crippen molar-refractivity contribution >= 4 is 5.91 Å². The Morgan fingerprint density at radius 3 is 2.79 bits per heavy atom. The van der Waals surface area contributed by atoms with E-state index in [0.29, 0.717) is 0 Å². The topological polar surface area (TPSA) is 61.4 Å². The molecule has 0 aromatic carbocycles. The Kier molecular flexibility index (Phi) is 3.50. The minimum atomic E-state index is -0.794. The number of piperidine rings is 1. The van der Waals surface area contributed by atoms with Crippen molar-refractivity contribution in [2.45, 2.75) is 51.3 Å². The lowest BCUT2D eigenvalue weighted by atomic mass is 9.98. The van der Waals surface area contributed by atoms with Crippen molar-refractivity contribution in [1.29, 1.82) is 0 Å². The second-order valence-corrected chi connectivity index (χ2v) is 4.53. The smallest absolute Gasteiger partial charge is 0.237 e. The number of rotatable bonds is 3. The lowest BCUT2D eigenvalue weighted by Gasteiger charge is -2.32. The molecule has 3 N–H and O–H groups in total. The van der Waals surface area contributed by atoms with E-state index in [2.05, 4.69) is 10.6 Å². The molecule has 1 aliphatic heterocycles. The highest BCUT2D eigenvalue weighted by Crippen LogP contribution is 2.11. The van der Waals surface area contributed by atoms with Gasteiger partial charge in [0.2, 0.25) is 5.91 Å². The first-order chi connectivity index (χ1) is 6.41. The van der Waals surface area contributed by atoms with Crippen molar-refractivity contribution in [2.24, 2.45) is 0 Å². The van der Waals surface area contributed by atoms with E-state index in [1.807, 2.05) is 6.92 Å². The van der Waals surface area contributed by atoms with E-state index >= 15 is 0 Å². The minimum Gasteiger partial charge on any atom is -0.389 e. The average Bonchev–Trinajstić information content (AvgIpc) is 2.07. The van der Waals surface area contributed by atoms with Crippen LogP contribution >= 0.6 is 0 Å². The van der Waals surface area contributed by atoms with Crippen LogP contribution in [0.2, 0.25) is 0 Å². The predicted octanol–water partition coefficient (Wildman–Crippen LogP) is 0.0140. The molecular weight excluding hydrogens is 180 g/mol. The molecule has 82 valence electrons. The molecule has 0 bridgehead atoms. The fraction of sp³-hybridized carbons (Fsp3) is 0.900. The van der Waals surface area contributed by atoms with Crippen LogP contribution < -0.4 is 10.6 Å². The summed E-state index contributed by atoms with van der Waals surface area (Å²) in [4.78, 5) is 11.4. The molecule has 1 fully saturated rings. The SMILES string of the molecule is CC(NC1CCCNC1=O)C(C)(C)O. The molecule has 1 rings (SSSR count). The summed E-state index contributed by atoms with van der Waals surface area (Å²) in [6, 6.07) is -0.235. The Morgan fingerprint density at radius 1 is 1.64 bits per heavy atom. The first kappa shape index (κ1) is 11.5. The number of nitrogens with one attached hydrogen (secondary N) is 2. The fourth-order valence-electron chi connectivity index (χ4n) is 1.44. The molecule has 2 unspecified atom stereocenters. The molecule has 1 amide bonds. The van der Waals surface area contributed by atoms with Gasteiger partial charge in [-0.15, -0.1) is 0 Å². The van der Waals surface area contributed by atoms with E-state index in [0.717, 1.165) is 19.4 Å². The van der Waals surface area contributed by atoms with E-state index in [-0.39, 0.29) is 18.0 Å². The molecule has 0 aromatic rings. The predicted molar refractivity (Wildman–Crippen MR) is 54.9 cm³/mol. The number of hydrogen-bond acceptors (Lipinski definition) is 3. The van der Waals surface area contributed by atoms with E-state index in [9.17, 15) is 9.90 Å².